The van der Waals surface area contributed by atoms with Gasteiger partial charge in [0, 0.05) is 26.9 Å². The lowest BCUT2D eigenvalue weighted by Gasteiger charge is -2.12. The molecule has 20 heavy (non-hydrogen) atoms. The van der Waals surface area contributed by atoms with Crippen LogP contribution in [0.15, 0.2) is 56.7 Å². The molecule has 1 aliphatic carbocycles. The van der Waals surface area contributed by atoms with Crippen molar-refractivity contribution in [2.75, 3.05) is 0 Å². The molecule has 4 heteroatoms. The van der Waals surface area contributed by atoms with E-state index >= 15 is 0 Å². The summed E-state index contributed by atoms with van der Waals surface area (Å²) in [5.41, 5.74) is 1.28. The Labute approximate surface area is 137 Å². The fraction of sp³-hybridized carbons (Fsp3) is 0.250. The van der Waals surface area contributed by atoms with Crippen molar-refractivity contribution >= 4 is 39.3 Å². The number of hydrogen-bond donors (Lipinski definition) is 1. The summed E-state index contributed by atoms with van der Waals surface area (Å²) in [4.78, 5) is 2.36. The van der Waals surface area contributed by atoms with Crippen LogP contribution in [0.1, 0.15) is 18.4 Å². The Morgan fingerprint density at radius 1 is 1.15 bits per heavy atom. The molecule has 0 atom stereocenters. The van der Waals surface area contributed by atoms with E-state index in [-0.39, 0.29) is 0 Å². The van der Waals surface area contributed by atoms with E-state index in [1.54, 1.807) is 11.8 Å². The molecule has 3 rings (SSSR count). The van der Waals surface area contributed by atoms with E-state index in [4.69, 9.17) is 11.6 Å². The maximum atomic E-state index is 6.38. The Bertz CT molecular complexity index is 596. The summed E-state index contributed by atoms with van der Waals surface area (Å²) in [6, 6.07) is 15.2. The molecule has 0 unspecified atom stereocenters. The van der Waals surface area contributed by atoms with E-state index in [2.05, 4.69) is 51.6 Å². The molecule has 1 nitrogen and oxygen atoms in total. The average molecular weight is 369 g/mol. The minimum Gasteiger partial charge on any atom is -0.310 e. The lowest BCUT2D eigenvalue weighted by atomic mass is 10.2. The highest BCUT2D eigenvalue weighted by Crippen LogP contribution is 2.36. The Hall–Kier alpha value is -0.480. The Kier molecular flexibility index (Phi) is 4.72. The van der Waals surface area contributed by atoms with Gasteiger partial charge in [-0.2, -0.15) is 0 Å². The molecule has 0 saturated heterocycles. The van der Waals surface area contributed by atoms with E-state index in [9.17, 15) is 0 Å². The van der Waals surface area contributed by atoms with Gasteiger partial charge in [-0.15, -0.1) is 0 Å². The van der Waals surface area contributed by atoms with Crippen molar-refractivity contribution in [3.63, 3.8) is 0 Å². The van der Waals surface area contributed by atoms with E-state index in [0.29, 0.717) is 6.04 Å². The van der Waals surface area contributed by atoms with Crippen molar-refractivity contribution < 1.29 is 0 Å². The summed E-state index contributed by atoms with van der Waals surface area (Å²) in [6.07, 6.45) is 2.60. The molecule has 0 heterocycles. The number of nitrogens with one attached hydrogen (secondary N) is 1. The van der Waals surface area contributed by atoms with E-state index < -0.39 is 0 Å². The number of rotatable bonds is 5. The van der Waals surface area contributed by atoms with Crippen LogP contribution in [0.4, 0.5) is 0 Å². The first-order chi connectivity index (χ1) is 9.72. The molecule has 1 N–H and O–H groups in total. The van der Waals surface area contributed by atoms with Crippen LogP contribution >= 0.6 is 39.3 Å². The standard InChI is InChI=1S/C16H15BrClNS/c17-12-4-8-14(9-5-12)20-16-11(2-1-3-15(16)18)10-19-13-6-7-13/h1-5,8-9,13,19H,6-7,10H2. The quantitative estimate of drug-likeness (QED) is 0.747. The number of halogens is 2. The first kappa shape index (κ1) is 14.5. The van der Waals surface area contributed by atoms with Crippen LogP contribution < -0.4 is 5.32 Å². The molecule has 1 saturated carbocycles. The van der Waals surface area contributed by atoms with Crippen LogP contribution in [-0.2, 0) is 6.54 Å². The zero-order valence-electron chi connectivity index (χ0n) is 10.9. The molecule has 2 aromatic rings. The Balaban J connectivity index is 1.80. The van der Waals surface area contributed by atoms with Crippen LogP contribution in [0.5, 0.6) is 0 Å². The summed E-state index contributed by atoms with van der Waals surface area (Å²) in [6.45, 7) is 0.893. The van der Waals surface area contributed by atoms with Crippen LogP contribution in [0.2, 0.25) is 5.02 Å². The third kappa shape index (κ3) is 3.79. The van der Waals surface area contributed by atoms with E-state index in [0.717, 1.165) is 20.9 Å². The molecule has 104 valence electrons. The van der Waals surface area contributed by atoms with Gasteiger partial charge in [0.2, 0.25) is 0 Å². The second kappa shape index (κ2) is 6.52. The van der Waals surface area contributed by atoms with Gasteiger partial charge in [0.15, 0.2) is 0 Å². The zero-order valence-corrected chi connectivity index (χ0v) is 14.1. The van der Waals surface area contributed by atoms with Gasteiger partial charge in [-0.1, -0.05) is 51.4 Å². The molecular weight excluding hydrogens is 354 g/mol. The smallest absolute Gasteiger partial charge is 0.0548 e. The second-order valence-corrected chi connectivity index (χ2v) is 7.35. The van der Waals surface area contributed by atoms with Gasteiger partial charge in [-0.3, -0.25) is 0 Å². The molecule has 0 spiro atoms. The summed E-state index contributed by atoms with van der Waals surface area (Å²) < 4.78 is 1.09. The van der Waals surface area contributed by atoms with Crippen molar-refractivity contribution in [1.29, 1.82) is 0 Å². The minimum atomic E-state index is 0.708. The van der Waals surface area contributed by atoms with E-state index in [1.165, 1.54) is 23.3 Å². The van der Waals surface area contributed by atoms with Gasteiger partial charge in [0.25, 0.3) is 0 Å². The highest BCUT2D eigenvalue weighted by Gasteiger charge is 2.20. The topological polar surface area (TPSA) is 12.0 Å². The highest BCUT2D eigenvalue weighted by molar-refractivity contribution is 9.10. The van der Waals surface area contributed by atoms with Gasteiger partial charge < -0.3 is 5.32 Å². The molecule has 0 aliphatic heterocycles. The van der Waals surface area contributed by atoms with Crippen molar-refractivity contribution in [1.82, 2.24) is 5.32 Å². The maximum absolute atomic E-state index is 6.38. The van der Waals surface area contributed by atoms with Crippen molar-refractivity contribution in [2.45, 2.75) is 35.2 Å². The molecule has 0 aromatic heterocycles. The van der Waals surface area contributed by atoms with Gasteiger partial charge in [-0.05, 0) is 48.7 Å². The fourth-order valence-corrected chi connectivity index (χ4v) is 3.49. The Morgan fingerprint density at radius 3 is 2.60 bits per heavy atom. The summed E-state index contributed by atoms with van der Waals surface area (Å²) in [5, 5.41) is 4.38. The second-order valence-electron chi connectivity index (χ2n) is 4.94. The SMILES string of the molecule is Clc1cccc(CNC2CC2)c1Sc1ccc(Br)cc1. The molecule has 1 fully saturated rings. The first-order valence-electron chi connectivity index (χ1n) is 6.66. The zero-order chi connectivity index (χ0) is 13.9. The monoisotopic (exact) mass is 367 g/mol. The molecule has 0 radical (unpaired) electrons. The van der Waals surface area contributed by atoms with Crippen LogP contribution in [0.25, 0.3) is 0 Å². The molecule has 1 aliphatic rings. The van der Waals surface area contributed by atoms with Gasteiger partial charge >= 0.3 is 0 Å². The Morgan fingerprint density at radius 2 is 1.90 bits per heavy atom. The predicted octanol–water partition coefficient (Wildman–Crippen LogP) is 5.51. The van der Waals surface area contributed by atoms with Crippen LogP contribution in [-0.4, -0.2) is 6.04 Å². The first-order valence-corrected chi connectivity index (χ1v) is 8.65. The predicted molar refractivity (Wildman–Crippen MR) is 89.6 cm³/mol. The average Bonchev–Trinajstić information content (AvgIpc) is 3.26. The molecule has 0 bridgehead atoms. The highest BCUT2D eigenvalue weighted by atomic mass is 79.9. The summed E-state index contributed by atoms with van der Waals surface area (Å²) in [7, 11) is 0. The maximum Gasteiger partial charge on any atom is 0.0548 e. The van der Waals surface area contributed by atoms with Gasteiger partial charge in [0.05, 0.1) is 5.02 Å². The third-order valence-corrected chi connectivity index (χ3v) is 5.39. The van der Waals surface area contributed by atoms with Crippen molar-refractivity contribution in [2.24, 2.45) is 0 Å². The van der Waals surface area contributed by atoms with E-state index in [1.807, 2.05) is 12.1 Å². The van der Waals surface area contributed by atoms with Crippen molar-refractivity contribution in [3.05, 3.63) is 57.5 Å². The lowest BCUT2D eigenvalue weighted by molar-refractivity contribution is 0.680. The molecule has 2 aromatic carbocycles. The molecule has 0 amide bonds. The van der Waals surface area contributed by atoms with Crippen molar-refractivity contribution in [3.8, 4) is 0 Å². The lowest BCUT2D eigenvalue weighted by Crippen LogP contribution is -2.15. The molecular formula is C16H15BrClNS. The number of benzene rings is 2. The normalized spacial score (nSPS) is 14.5. The largest absolute Gasteiger partial charge is 0.310 e. The van der Waals surface area contributed by atoms with Gasteiger partial charge in [0.1, 0.15) is 0 Å². The van der Waals surface area contributed by atoms with Crippen LogP contribution in [0.3, 0.4) is 0 Å². The van der Waals surface area contributed by atoms with Crippen LogP contribution in [0, 0.1) is 0 Å². The summed E-state index contributed by atoms with van der Waals surface area (Å²) >= 11 is 11.6. The fourth-order valence-electron chi connectivity index (χ4n) is 1.97. The third-order valence-electron chi connectivity index (χ3n) is 3.24. The number of hydrogen-bond acceptors (Lipinski definition) is 2. The summed E-state index contributed by atoms with van der Waals surface area (Å²) in [5.74, 6) is 0. The minimum absolute atomic E-state index is 0.708. The van der Waals surface area contributed by atoms with Gasteiger partial charge in [-0.25, -0.2) is 0 Å².